The molecule has 1 aromatic heterocycles. The molecule has 2 rings (SSSR count). The highest BCUT2D eigenvalue weighted by atomic mass is 35.5. The first-order valence-electron chi connectivity index (χ1n) is 5.75. The van der Waals surface area contributed by atoms with Crippen molar-refractivity contribution in [1.82, 2.24) is 15.2 Å². The molecule has 17 heavy (non-hydrogen) atoms. The van der Waals surface area contributed by atoms with Gasteiger partial charge in [0.15, 0.2) is 0 Å². The second-order valence-corrected chi connectivity index (χ2v) is 5.80. The van der Waals surface area contributed by atoms with Crippen LogP contribution < -0.4 is 5.32 Å². The second-order valence-electron chi connectivity index (χ2n) is 5.01. The molecule has 2 heterocycles. The normalized spacial score (nSPS) is 20.5. The minimum atomic E-state index is 0.140. The third-order valence-corrected chi connectivity index (χ3v) is 3.79. The molecule has 0 spiro atoms. The lowest BCUT2D eigenvalue weighted by atomic mass is 9.99. The van der Waals surface area contributed by atoms with Crippen LogP contribution in [0.1, 0.15) is 19.4 Å². The molecular formula is C12H17Cl2N3. The molecule has 0 saturated carbocycles. The van der Waals surface area contributed by atoms with Gasteiger partial charge in [0.25, 0.3) is 0 Å². The Balaban J connectivity index is 2.14. The fourth-order valence-electron chi connectivity index (χ4n) is 2.07. The third kappa shape index (κ3) is 3.10. The van der Waals surface area contributed by atoms with Gasteiger partial charge in [0, 0.05) is 48.5 Å². The van der Waals surface area contributed by atoms with Crippen LogP contribution in [0.4, 0.5) is 0 Å². The van der Waals surface area contributed by atoms with Crippen LogP contribution in [-0.4, -0.2) is 35.1 Å². The highest BCUT2D eigenvalue weighted by Gasteiger charge is 2.29. The van der Waals surface area contributed by atoms with Crippen molar-refractivity contribution in [3.63, 3.8) is 0 Å². The molecule has 0 bridgehead atoms. The third-order valence-electron chi connectivity index (χ3n) is 3.23. The number of aromatic nitrogens is 1. The van der Waals surface area contributed by atoms with Crippen LogP contribution >= 0.6 is 23.2 Å². The number of hydrogen-bond acceptors (Lipinski definition) is 3. The van der Waals surface area contributed by atoms with E-state index in [4.69, 9.17) is 23.2 Å². The van der Waals surface area contributed by atoms with Gasteiger partial charge in [-0.1, -0.05) is 23.2 Å². The van der Waals surface area contributed by atoms with Crippen molar-refractivity contribution in [1.29, 1.82) is 0 Å². The maximum Gasteiger partial charge on any atom is 0.130 e. The summed E-state index contributed by atoms with van der Waals surface area (Å²) in [5, 5.41) is 4.54. The van der Waals surface area contributed by atoms with Crippen LogP contribution in [0.5, 0.6) is 0 Å². The van der Waals surface area contributed by atoms with Crippen molar-refractivity contribution < 1.29 is 0 Å². The molecule has 0 aromatic carbocycles. The van der Waals surface area contributed by atoms with Gasteiger partial charge < -0.3 is 5.32 Å². The summed E-state index contributed by atoms with van der Waals surface area (Å²) in [6, 6.07) is 1.70. The number of nitrogens with zero attached hydrogens (tertiary/aromatic N) is 2. The minimum absolute atomic E-state index is 0.140. The van der Waals surface area contributed by atoms with E-state index in [9.17, 15) is 0 Å². The Labute approximate surface area is 112 Å². The number of hydrogen-bond donors (Lipinski definition) is 1. The summed E-state index contributed by atoms with van der Waals surface area (Å²) in [4.78, 5) is 6.51. The van der Waals surface area contributed by atoms with E-state index in [1.807, 2.05) is 0 Å². The molecule has 94 valence electrons. The molecule has 0 aliphatic carbocycles. The first-order valence-corrected chi connectivity index (χ1v) is 6.50. The second kappa shape index (κ2) is 5.11. The number of halogens is 2. The van der Waals surface area contributed by atoms with E-state index in [1.54, 1.807) is 12.3 Å². The van der Waals surface area contributed by atoms with Crippen molar-refractivity contribution in [2.24, 2.45) is 0 Å². The van der Waals surface area contributed by atoms with E-state index >= 15 is 0 Å². The topological polar surface area (TPSA) is 28.2 Å². The van der Waals surface area contributed by atoms with E-state index in [0.29, 0.717) is 10.2 Å². The Morgan fingerprint density at radius 3 is 2.88 bits per heavy atom. The smallest absolute Gasteiger partial charge is 0.130 e. The Morgan fingerprint density at radius 2 is 2.24 bits per heavy atom. The average molecular weight is 274 g/mol. The lowest BCUT2D eigenvalue weighted by molar-refractivity contribution is 0.0827. The molecule has 0 unspecified atom stereocenters. The molecule has 1 aliphatic heterocycles. The predicted molar refractivity (Wildman–Crippen MR) is 71.6 cm³/mol. The SMILES string of the molecule is CC1(C)CNCCN1Cc1cnc(Cl)cc1Cl. The van der Waals surface area contributed by atoms with Crippen molar-refractivity contribution in [2.45, 2.75) is 25.9 Å². The number of nitrogens with one attached hydrogen (secondary N) is 1. The number of piperazine rings is 1. The first-order chi connectivity index (χ1) is 7.99. The Kier molecular flexibility index (Phi) is 3.93. The molecule has 1 N–H and O–H groups in total. The number of rotatable bonds is 2. The van der Waals surface area contributed by atoms with Gasteiger partial charge in [0.2, 0.25) is 0 Å². The van der Waals surface area contributed by atoms with Gasteiger partial charge in [-0.05, 0) is 19.9 Å². The quantitative estimate of drug-likeness (QED) is 0.840. The van der Waals surface area contributed by atoms with Crippen LogP contribution in [0.25, 0.3) is 0 Å². The minimum Gasteiger partial charge on any atom is -0.314 e. The molecule has 0 amide bonds. The fraction of sp³-hybridized carbons (Fsp3) is 0.583. The van der Waals surface area contributed by atoms with Gasteiger partial charge in [-0.25, -0.2) is 4.98 Å². The van der Waals surface area contributed by atoms with Gasteiger partial charge in [-0.2, -0.15) is 0 Å². The maximum absolute atomic E-state index is 6.18. The van der Waals surface area contributed by atoms with E-state index in [2.05, 4.69) is 29.0 Å². The summed E-state index contributed by atoms with van der Waals surface area (Å²) < 4.78 is 0. The molecule has 0 radical (unpaired) electrons. The Hall–Kier alpha value is -0.350. The summed E-state index contributed by atoms with van der Waals surface area (Å²) in [6.07, 6.45) is 1.77. The monoisotopic (exact) mass is 273 g/mol. The van der Waals surface area contributed by atoms with Crippen molar-refractivity contribution in [2.75, 3.05) is 19.6 Å². The van der Waals surface area contributed by atoms with Crippen molar-refractivity contribution in [3.05, 3.63) is 28.0 Å². The molecular weight excluding hydrogens is 257 g/mol. The van der Waals surface area contributed by atoms with Gasteiger partial charge in [0.1, 0.15) is 5.15 Å². The average Bonchev–Trinajstić information content (AvgIpc) is 2.24. The standard InChI is InChI=1S/C12H17Cl2N3/c1-12(2)8-15-3-4-17(12)7-9-6-16-11(14)5-10(9)13/h5-6,15H,3-4,7-8H2,1-2H3. The zero-order chi connectivity index (χ0) is 12.5. The van der Waals surface area contributed by atoms with Crippen LogP contribution in [0.2, 0.25) is 10.2 Å². The largest absolute Gasteiger partial charge is 0.314 e. The highest BCUT2D eigenvalue weighted by molar-refractivity contribution is 6.34. The summed E-state index contributed by atoms with van der Waals surface area (Å²) in [5.41, 5.74) is 1.17. The predicted octanol–water partition coefficient (Wildman–Crippen LogP) is 2.57. The lowest BCUT2D eigenvalue weighted by Crippen LogP contribution is -2.57. The van der Waals surface area contributed by atoms with Gasteiger partial charge in [-0.3, -0.25) is 4.90 Å². The molecule has 1 aliphatic rings. The molecule has 1 aromatic rings. The van der Waals surface area contributed by atoms with E-state index < -0.39 is 0 Å². The summed E-state index contributed by atoms with van der Waals surface area (Å²) in [5.74, 6) is 0. The molecule has 5 heteroatoms. The molecule has 1 fully saturated rings. The Bertz CT molecular complexity index is 407. The van der Waals surface area contributed by atoms with Crippen LogP contribution in [-0.2, 0) is 6.54 Å². The van der Waals surface area contributed by atoms with Crippen molar-refractivity contribution >= 4 is 23.2 Å². The van der Waals surface area contributed by atoms with Crippen LogP contribution in [0.3, 0.4) is 0 Å². The first kappa shape index (κ1) is 13.1. The summed E-state index contributed by atoms with van der Waals surface area (Å²) >= 11 is 12.0. The van der Waals surface area contributed by atoms with Gasteiger partial charge in [-0.15, -0.1) is 0 Å². The van der Waals surface area contributed by atoms with Gasteiger partial charge >= 0.3 is 0 Å². The number of pyridine rings is 1. The van der Waals surface area contributed by atoms with Gasteiger partial charge in [0.05, 0.1) is 0 Å². The molecule has 0 atom stereocenters. The summed E-state index contributed by atoms with van der Waals surface area (Å²) in [7, 11) is 0. The van der Waals surface area contributed by atoms with Crippen LogP contribution in [0, 0.1) is 0 Å². The molecule has 3 nitrogen and oxygen atoms in total. The zero-order valence-corrected chi connectivity index (χ0v) is 11.6. The van der Waals surface area contributed by atoms with E-state index in [1.165, 1.54) is 0 Å². The lowest BCUT2D eigenvalue weighted by Gasteiger charge is -2.42. The van der Waals surface area contributed by atoms with Crippen LogP contribution in [0.15, 0.2) is 12.3 Å². The maximum atomic E-state index is 6.18. The zero-order valence-electron chi connectivity index (χ0n) is 10.1. The highest BCUT2D eigenvalue weighted by Crippen LogP contribution is 2.24. The summed E-state index contributed by atoms with van der Waals surface area (Å²) in [6.45, 7) is 8.31. The van der Waals surface area contributed by atoms with E-state index in [-0.39, 0.29) is 5.54 Å². The molecule has 1 saturated heterocycles. The fourth-order valence-corrected chi connectivity index (χ4v) is 2.50. The van der Waals surface area contributed by atoms with E-state index in [0.717, 1.165) is 31.7 Å². The Morgan fingerprint density at radius 1 is 1.47 bits per heavy atom. The van der Waals surface area contributed by atoms with Crippen molar-refractivity contribution in [3.8, 4) is 0 Å².